The van der Waals surface area contributed by atoms with E-state index in [2.05, 4.69) is 51.6 Å². The van der Waals surface area contributed by atoms with Gasteiger partial charge in [-0.3, -0.25) is 14.1 Å². The van der Waals surface area contributed by atoms with Crippen molar-refractivity contribution in [3.63, 3.8) is 0 Å². The third-order valence-electron chi connectivity index (χ3n) is 9.03. The van der Waals surface area contributed by atoms with E-state index in [1.807, 2.05) is 29.1 Å². The summed E-state index contributed by atoms with van der Waals surface area (Å²) in [4.78, 5) is 36.1. The molecule has 12 heteroatoms. The molecule has 0 unspecified atom stereocenters. The van der Waals surface area contributed by atoms with Gasteiger partial charge in [0.25, 0.3) is 0 Å². The van der Waals surface area contributed by atoms with Gasteiger partial charge in [0.1, 0.15) is 39.7 Å². The van der Waals surface area contributed by atoms with Gasteiger partial charge in [0.2, 0.25) is 5.91 Å². The van der Waals surface area contributed by atoms with E-state index in [1.54, 1.807) is 12.1 Å². The summed E-state index contributed by atoms with van der Waals surface area (Å²) in [5, 5.41) is 10.5. The van der Waals surface area contributed by atoms with Crippen molar-refractivity contribution in [3.05, 3.63) is 77.3 Å². The molecule has 6 heterocycles. The predicted molar refractivity (Wildman–Crippen MR) is 183 cm³/mol. The first kappa shape index (κ1) is 30.8. The Morgan fingerprint density at radius 3 is 2.36 bits per heavy atom. The van der Waals surface area contributed by atoms with Gasteiger partial charge in [0.15, 0.2) is 5.13 Å². The van der Waals surface area contributed by atoms with Gasteiger partial charge in [-0.25, -0.2) is 19.3 Å². The van der Waals surface area contributed by atoms with Crippen molar-refractivity contribution < 1.29 is 9.18 Å². The van der Waals surface area contributed by atoms with Crippen LogP contribution in [0.5, 0.6) is 0 Å². The molecule has 1 aromatic carbocycles. The van der Waals surface area contributed by atoms with Gasteiger partial charge in [-0.05, 0) is 67.8 Å². The monoisotopic (exact) mass is 649 g/mol. The summed E-state index contributed by atoms with van der Waals surface area (Å²) in [7, 11) is 1.93. The number of halogens is 1. The minimum atomic E-state index is -0.334. The van der Waals surface area contributed by atoms with Crippen molar-refractivity contribution in [2.45, 2.75) is 26.2 Å². The van der Waals surface area contributed by atoms with Crippen LogP contribution in [0, 0.1) is 17.1 Å². The third-order valence-corrected chi connectivity index (χ3v) is 10.1. The van der Waals surface area contributed by atoms with Crippen LogP contribution in [0.15, 0.2) is 60.9 Å². The number of benzene rings is 1. The lowest BCUT2D eigenvalue weighted by Crippen LogP contribution is -2.50. The zero-order valence-electron chi connectivity index (χ0n) is 26.6. The summed E-state index contributed by atoms with van der Waals surface area (Å²) in [5.74, 6) is 1.73. The van der Waals surface area contributed by atoms with E-state index < -0.39 is 0 Å². The van der Waals surface area contributed by atoms with Crippen LogP contribution < -0.4 is 9.80 Å². The Kier molecular flexibility index (Phi) is 8.58. The zero-order valence-corrected chi connectivity index (χ0v) is 27.4. The Morgan fingerprint density at radius 1 is 0.957 bits per heavy atom. The summed E-state index contributed by atoms with van der Waals surface area (Å²) >= 11 is 1.30. The number of aryl methyl sites for hydroxylation is 1. The average Bonchev–Trinajstić information content (AvgIpc) is 3.88. The summed E-state index contributed by atoms with van der Waals surface area (Å²) in [6.45, 7) is 7.73. The molecule has 2 saturated heterocycles. The van der Waals surface area contributed by atoms with Crippen molar-refractivity contribution in [1.82, 2.24) is 29.2 Å². The van der Waals surface area contributed by atoms with E-state index in [-0.39, 0.29) is 11.7 Å². The van der Waals surface area contributed by atoms with Gasteiger partial charge in [-0.1, -0.05) is 18.3 Å². The summed E-state index contributed by atoms with van der Waals surface area (Å²) in [6.07, 6.45) is 6.93. The highest BCUT2D eigenvalue weighted by Crippen LogP contribution is 2.37. The number of nitriles is 1. The highest BCUT2D eigenvalue weighted by molar-refractivity contribution is 7.16. The van der Waals surface area contributed by atoms with Crippen LogP contribution >= 0.6 is 11.3 Å². The first-order chi connectivity index (χ1) is 22.9. The topological polar surface area (TPSA) is 96.9 Å². The zero-order chi connectivity index (χ0) is 32.5. The number of carbonyl (C=O) groups is 1. The normalized spacial score (nSPS) is 15.4. The van der Waals surface area contributed by atoms with Crippen LogP contribution in [-0.4, -0.2) is 87.9 Å². The fraction of sp³-hybridized carbons (Fsp3) is 0.343. The molecule has 5 aromatic rings. The van der Waals surface area contributed by atoms with Crippen LogP contribution in [0.4, 0.5) is 21.2 Å². The first-order valence-electron chi connectivity index (χ1n) is 16.0. The van der Waals surface area contributed by atoms with Crippen molar-refractivity contribution >= 4 is 39.7 Å². The quantitative estimate of drug-likeness (QED) is 0.214. The van der Waals surface area contributed by atoms with Gasteiger partial charge in [-0.15, -0.1) is 0 Å². The Morgan fingerprint density at radius 2 is 1.68 bits per heavy atom. The van der Waals surface area contributed by atoms with Crippen molar-refractivity contribution in [3.8, 4) is 28.5 Å². The Hall–Kier alpha value is -4.86. The molecule has 0 saturated carbocycles. The van der Waals surface area contributed by atoms with E-state index in [0.717, 1.165) is 86.2 Å². The van der Waals surface area contributed by atoms with Crippen molar-refractivity contribution in [2.24, 2.45) is 0 Å². The number of aromatic nitrogens is 4. The van der Waals surface area contributed by atoms with Crippen molar-refractivity contribution in [1.29, 1.82) is 5.26 Å². The van der Waals surface area contributed by atoms with Crippen LogP contribution in [-0.2, 0) is 11.2 Å². The lowest BCUT2D eigenvalue weighted by molar-refractivity contribution is -0.131. The van der Waals surface area contributed by atoms with E-state index in [9.17, 15) is 14.4 Å². The lowest BCUT2D eigenvalue weighted by atomic mass is 10.1. The molecule has 0 radical (unpaired) electrons. The number of amides is 1. The van der Waals surface area contributed by atoms with Crippen LogP contribution in [0.2, 0.25) is 0 Å². The molecule has 4 aromatic heterocycles. The Bertz CT molecular complexity index is 1930. The molecule has 7 rings (SSSR count). The molecule has 0 N–H and O–H groups in total. The molecular formula is C35H36FN9OS. The number of carbonyl (C=O) groups excluding carboxylic acids is 1. The lowest BCUT2D eigenvalue weighted by Gasteiger charge is -2.35. The van der Waals surface area contributed by atoms with Crippen LogP contribution in [0.1, 0.15) is 30.3 Å². The molecule has 2 aliphatic heterocycles. The average molecular weight is 650 g/mol. The minimum Gasteiger partial charge on any atom is -0.354 e. The molecule has 2 fully saturated rings. The number of anilines is 3. The van der Waals surface area contributed by atoms with Gasteiger partial charge < -0.3 is 14.7 Å². The number of nitrogens with zero attached hydrogens (tertiary/aromatic N) is 9. The molecule has 10 nitrogen and oxygen atoms in total. The SMILES string of the molecule is CCc1nc2ccc(-c3ccc(N4CCN(CC(=O)N5CCCC5)CC4)nc3)cn2c1N(C)c1nc(-c2ccc(F)cc2)c(C#N)s1. The Balaban J connectivity index is 1.10. The van der Waals surface area contributed by atoms with Gasteiger partial charge in [0.05, 0.1) is 12.2 Å². The summed E-state index contributed by atoms with van der Waals surface area (Å²) in [5.41, 5.74) is 4.95. The number of hydrogen-bond acceptors (Lipinski definition) is 9. The van der Waals surface area contributed by atoms with E-state index >= 15 is 0 Å². The maximum atomic E-state index is 13.6. The number of piperazine rings is 1. The maximum Gasteiger partial charge on any atom is 0.236 e. The molecule has 1 amide bonds. The van der Waals surface area contributed by atoms with Gasteiger partial charge >= 0.3 is 0 Å². The molecule has 0 spiro atoms. The number of fused-ring (bicyclic) bond motifs is 1. The number of pyridine rings is 2. The fourth-order valence-electron chi connectivity index (χ4n) is 6.40. The number of likely N-dealkylation sites (tertiary alicyclic amines) is 1. The molecular weight excluding hydrogens is 614 g/mol. The van der Waals surface area contributed by atoms with E-state index in [1.165, 1.54) is 23.5 Å². The first-order valence-corrected chi connectivity index (χ1v) is 16.9. The number of imidazole rings is 1. The second kappa shape index (κ2) is 13.1. The summed E-state index contributed by atoms with van der Waals surface area (Å²) < 4.78 is 15.6. The van der Waals surface area contributed by atoms with Crippen LogP contribution in [0.25, 0.3) is 28.0 Å². The van der Waals surface area contributed by atoms with Crippen molar-refractivity contribution in [2.75, 3.05) is 62.7 Å². The predicted octanol–water partition coefficient (Wildman–Crippen LogP) is 5.61. The molecule has 0 bridgehead atoms. The largest absolute Gasteiger partial charge is 0.354 e. The van der Waals surface area contributed by atoms with Gasteiger partial charge in [-0.2, -0.15) is 5.26 Å². The number of rotatable bonds is 8. The van der Waals surface area contributed by atoms with Crippen LogP contribution in [0.3, 0.4) is 0 Å². The smallest absolute Gasteiger partial charge is 0.236 e. The molecule has 0 aliphatic carbocycles. The molecule has 47 heavy (non-hydrogen) atoms. The van der Waals surface area contributed by atoms with Gasteiger partial charge in [0, 0.05) is 75.4 Å². The fourth-order valence-corrected chi connectivity index (χ4v) is 7.25. The highest BCUT2D eigenvalue weighted by Gasteiger charge is 2.25. The number of thiazole rings is 1. The second-order valence-electron chi connectivity index (χ2n) is 12.0. The standard InChI is InChI=1S/C35H36FN9OS/c1-3-28-34(41(2)35-40-33(29(20-37)47-35)24-6-10-27(36)11-7-24)45-22-26(9-13-31(45)39-28)25-8-12-30(38-21-25)43-18-16-42(17-19-43)23-32(46)44-14-4-5-15-44/h6-13,21-22H,3-5,14-19,23H2,1-2H3. The minimum absolute atomic E-state index is 0.252. The summed E-state index contributed by atoms with van der Waals surface area (Å²) in [6, 6.07) is 16.5. The molecule has 2 aliphatic rings. The second-order valence-corrected chi connectivity index (χ2v) is 13.0. The maximum absolute atomic E-state index is 13.6. The molecule has 0 atom stereocenters. The van der Waals surface area contributed by atoms with E-state index in [0.29, 0.717) is 34.2 Å². The highest BCUT2D eigenvalue weighted by atomic mass is 32.1. The van der Waals surface area contributed by atoms with E-state index in [4.69, 9.17) is 15.0 Å². The third kappa shape index (κ3) is 6.16. The number of hydrogen-bond donors (Lipinski definition) is 0. The molecule has 240 valence electrons. The Labute approximate surface area is 277 Å².